The molecule has 1 saturated carbocycles. The number of carbonyl (C=O) groups excluding carboxylic acids is 1. The van der Waals surface area contributed by atoms with Crippen molar-refractivity contribution in [2.75, 3.05) is 39.3 Å². The van der Waals surface area contributed by atoms with E-state index in [4.69, 9.17) is 4.52 Å². The fraction of sp³-hybridized carbons (Fsp3) is 0.632. The maximum Gasteiger partial charge on any atom is 0.282 e. The van der Waals surface area contributed by atoms with Crippen LogP contribution in [0.2, 0.25) is 0 Å². The second-order valence-corrected chi connectivity index (χ2v) is 10.1. The Bertz CT molecular complexity index is 1050. The van der Waals surface area contributed by atoms with Gasteiger partial charge in [0.05, 0.1) is 16.6 Å². The van der Waals surface area contributed by atoms with Crippen LogP contribution < -0.4 is 0 Å². The van der Waals surface area contributed by atoms with Gasteiger partial charge in [-0.15, -0.1) is 0 Å². The van der Waals surface area contributed by atoms with Gasteiger partial charge in [-0.2, -0.15) is 17.0 Å². The molecule has 2 aromatic rings. The van der Waals surface area contributed by atoms with E-state index < -0.39 is 10.2 Å². The maximum absolute atomic E-state index is 13.3. The molecular weight excluding hydrogens is 394 g/mol. The van der Waals surface area contributed by atoms with Crippen LogP contribution in [0, 0.1) is 6.92 Å². The minimum Gasteiger partial charge on any atom is -0.336 e. The van der Waals surface area contributed by atoms with Crippen LogP contribution in [-0.4, -0.2) is 77.2 Å². The van der Waals surface area contributed by atoms with Crippen molar-refractivity contribution in [3.8, 4) is 0 Å². The molecular formula is C19H25N5O4S. The lowest BCUT2D eigenvalue weighted by Gasteiger charge is -2.35. The first-order valence-corrected chi connectivity index (χ1v) is 11.7. The van der Waals surface area contributed by atoms with Gasteiger partial charge >= 0.3 is 0 Å². The molecule has 3 fully saturated rings. The summed E-state index contributed by atoms with van der Waals surface area (Å²) in [6.45, 7) is 4.37. The van der Waals surface area contributed by atoms with E-state index in [-0.39, 0.29) is 5.91 Å². The lowest BCUT2D eigenvalue weighted by Crippen LogP contribution is -2.53. The van der Waals surface area contributed by atoms with Crippen molar-refractivity contribution in [3.05, 3.63) is 23.0 Å². The number of aromatic nitrogens is 2. The monoisotopic (exact) mass is 419 g/mol. The van der Waals surface area contributed by atoms with Gasteiger partial charge in [0.25, 0.3) is 21.8 Å². The van der Waals surface area contributed by atoms with Gasteiger partial charge in [-0.1, -0.05) is 5.16 Å². The molecule has 3 aliphatic rings. The van der Waals surface area contributed by atoms with Gasteiger partial charge in [-0.25, -0.2) is 4.98 Å². The molecule has 0 N–H and O–H groups in total. The molecule has 1 amide bonds. The van der Waals surface area contributed by atoms with Crippen molar-refractivity contribution in [1.29, 1.82) is 0 Å². The molecule has 0 atom stereocenters. The van der Waals surface area contributed by atoms with Crippen LogP contribution in [0.3, 0.4) is 0 Å². The van der Waals surface area contributed by atoms with Crippen LogP contribution in [0.5, 0.6) is 0 Å². The Morgan fingerprint density at radius 1 is 1.07 bits per heavy atom. The molecule has 0 spiro atoms. The highest BCUT2D eigenvalue weighted by molar-refractivity contribution is 7.86. The number of aryl methyl sites for hydroxylation is 1. The Hall–Kier alpha value is -2.04. The van der Waals surface area contributed by atoms with Crippen molar-refractivity contribution in [3.63, 3.8) is 0 Å². The quantitative estimate of drug-likeness (QED) is 0.745. The number of nitrogens with zero attached hydrogens (tertiary/aromatic N) is 5. The van der Waals surface area contributed by atoms with E-state index in [9.17, 15) is 13.2 Å². The van der Waals surface area contributed by atoms with E-state index in [1.807, 2.05) is 13.0 Å². The lowest BCUT2D eigenvalue weighted by atomic mass is 10.1. The second-order valence-electron chi connectivity index (χ2n) is 8.12. The molecule has 10 heteroatoms. The smallest absolute Gasteiger partial charge is 0.282 e. The molecule has 2 aliphatic heterocycles. The zero-order chi connectivity index (χ0) is 20.2. The summed E-state index contributed by atoms with van der Waals surface area (Å²) in [5, 5.41) is 4.65. The highest BCUT2D eigenvalue weighted by Gasteiger charge is 2.36. The number of fused-ring (bicyclic) bond motifs is 1. The van der Waals surface area contributed by atoms with Crippen LogP contribution in [0.15, 0.2) is 10.6 Å². The van der Waals surface area contributed by atoms with Crippen LogP contribution in [-0.2, 0) is 10.2 Å². The second kappa shape index (κ2) is 7.03. The Morgan fingerprint density at radius 2 is 1.72 bits per heavy atom. The average molecular weight is 420 g/mol. The van der Waals surface area contributed by atoms with E-state index in [0.29, 0.717) is 67.5 Å². The Morgan fingerprint density at radius 3 is 2.38 bits per heavy atom. The van der Waals surface area contributed by atoms with Crippen molar-refractivity contribution < 1.29 is 17.7 Å². The predicted molar refractivity (Wildman–Crippen MR) is 106 cm³/mol. The highest BCUT2D eigenvalue weighted by Crippen LogP contribution is 2.40. The summed E-state index contributed by atoms with van der Waals surface area (Å²) < 4.78 is 33.9. The summed E-state index contributed by atoms with van der Waals surface area (Å²) in [4.78, 5) is 19.6. The standard InChI is InChI=1S/C19H25N5O4S/c1-13-17-15(12-16(14-4-5-14)20-18(17)28-21-13)19(25)22-8-10-24(11-9-22)29(26,27)23-6-2-3-7-23/h12,14H,2-11H2,1H3. The van der Waals surface area contributed by atoms with Gasteiger partial charge < -0.3 is 9.42 Å². The number of hydrogen-bond donors (Lipinski definition) is 0. The largest absolute Gasteiger partial charge is 0.336 e. The van der Waals surface area contributed by atoms with E-state index in [2.05, 4.69) is 10.1 Å². The molecule has 0 aromatic carbocycles. The van der Waals surface area contributed by atoms with Crippen molar-refractivity contribution >= 4 is 27.2 Å². The van der Waals surface area contributed by atoms with Gasteiger partial charge in [-0.05, 0) is 38.7 Å². The molecule has 4 heterocycles. The summed E-state index contributed by atoms with van der Waals surface area (Å²) >= 11 is 0. The molecule has 5 rings (SSSR count). The van der Waals surface area contributed by atoms with Crippen LogP contribution in [0.4, 0.5) is 0 Å². The fourth-order valence-corrected chi connectivity index (χ4v) is 5.92. The van der Waals surface area contributed by atoms with Gasteiger partial charge in [0.2, 0.25) is 0 Å². The van der Waals surface area contributed by atoms with Crippen molar-refractivity contribution in [2.45, 2.75) is 38.5 Å². The molecule has 0 unspecified atom stereocenters. The van der Waals surface area contributed by atoms with Crippen molar-refractivity contribution in [2.24, 2.45) is 0 Å². The molecule has 0 radical (unpaired) electrons. The van der Waals surface area contributed by atoms with Gasteiger partial charge in [0.15, 0.2) is 0 Å². The molecule has 156 valence electrons. The van der Waals surface area contributed by atoms with E-state index >= 15 is 0 Å². The Labute approximate surface area is 169 Å². The van der Waals surface area contributed by atoms with Gasteiger partial charge in [-0.3, -0.25) is 4.79 Å². The SMILES string of the molecule is Cc1noc2nc(C3CC3)cc(C(=O)N3CCN(S(=O)(=O)N4CCCC4)CC3)c12. The van der Waals surface area contributed by atoms with Crippen LogP contribution >= 0.6 is 0 Å². The highest BCUT2D eigenvalue weighted by atomic mass is 32.2. The molecule has 0 bridgehead atoms. The summed E-state index contributed by atoms with van der Waals surface area (Å²) in [7, 11) is -3.42. The first-order valence-electron chi connectivity index (χ1n) is 10.3. The molecule has 1 aliphatic carbocycles. The van der Waals surface area contributed by atoms with Gasteiger partial charge in [0.1, 0.15) is 0 Å². The predicted octanol–water partition coefficient (Wildman–Crippen LogP) is 1.51. The maximum atomic E-state index is 13.3. The minimum absolute atomic E-state index is 0.108. The zero-order valence-corrected chi connectivity index (χ0v) is 17.3. The topological polar surface area (TPSA) is 99.9 Å². The number of carbonyl (C=O) groups is 1. The molecule has 29 heavy (non-hydrogen) atoms. The van der Waals surface area contributed by atoms with E-state index in [0.717, 1.165) is 31.4 Å². The lowest BCUT2D eigenvalue weighted by molar-refractivity contribution is 0.0696. The normalized spacial score (nSPS) is 21.9. The zero-order valence-electron chi connectivity index (χ0n) is 16.5. The van der Waals surface area contributed by atoms with Crippen LogP contribution in [0.1, 0.15) is 53.3 Å². The molecule has 9 nitrogen and oxygen atoms in total. The third-order valence-electron chi connectivity index (χ3n) is 6.11. The summed E-state index contributed by atoms with van der Waals surface area (Å²) in [6, 6.07) is 1.87. The first kappa shape index (κ1) is 19.0. The molecule has 2 aromatic heterocycles. The number of hydrogen-bond acceptors (Lipinski definition) is 6. The number of rotatable bonds is 4. The number of piperazine rings is 1. The fourth-order valence-electron chi connectivity index (χ4n) is 4.25. The number of amides is 1. The third kappa shape index (κ3) is 3.32. The third-order valence-corrected chi connectivity index (χ3v) is 8.14. The van der Waals surface area contributed by atoms with Crippen molar-refractivity contribution in [1.82, 2.24) is 23.7 Å². The Balaban J connectivity index is 1.36. The summed E-state index contributed by atoms with van der Waals surface area (Å²) in [5.74, 6) is 0.280. The Kier molecular flexibility index (Phi) is 4.60. The van der Waals surface area contributed by atoms with Gasteiger partial charge in [0, 0.05) is 50.9 Å². The summed E-state index contributed by atoms with van der Waals surface area (Å²) in [5.41, 5.74) is 2.50. The van der Waals surface area contributed by atoms with E-state index in [1.165, 1.54) is 4.31 Å². The summed E-state index contributed by atoms with van der Waals surface area (Å²) in [6.07, 6.45) is 3.98. The molecule has 2 saturated heterocycles. The minimum atomic E-state index is -3.42. The number of pyridine rings is 1. The average Bonchev–Trinajstić information content (AvgIpc) is 3.29. The van der Waals surface area contributed by atoms with Crippen LogP contribution in [0.25, 0.3) is 11.1 Å². The first-order chi connectivity index (χ1) is 13.9. The van der Waals surface area contributed by atoms with E-state index in [1.54, 1.807) is 9.21 Å².